The third-order valence-electron chi connectivity index (χ3n) is 1.62. The first-order valence-electron chi connectivity index (χ1n) is 3.77. The monoisotopic (exact) mass is 240 g/mol. The van der Waals surface area contributed by atoms with Crippen LogP contribution in [0.2, 0.25) is 0 Å². The number of alkyl halides is 3. The number of rotatable bonds is 2. The maximum absolute atomic E-state index is 12.1. The van der Waals surface area contributed by atoms with Gasteiger partial charge in [-0.1, -0.05) is 0 Å². The van der Waals surface area contributed by atoms with Gasteiger partial charge in [-0.2, -0.15) is 13.2 Å². The molecule has 0 amide bonds. The molecule has 1 aromatic rings. The molecule has 0 saturated carbocycles. The van der Waals surface area contributed by atoms with Gasteiger partial charge >= 0.3 is 12.1 Å². The van der Waals surface area contributed by atoms with Crippen LogP contribution < -0.4 is 0 Å². The van der Waals surface area contributed by atoms with Crippen molar-refractivity contribution in [3.63, 3.8) is 0 Å². The van der Waals surface area contributed by atoms with E-state index < -0.39 is 18.2 Å². The van der Waals surface area contributed by atoms with Crippen molar-refractivity contribution >= 4 is 17.3 Å². The summed E-state index contributed by atoms with van der Waals surface area (Å²) in [6.45, 7) is 0. The summed E-state index contributed by atoms with van der Waals surface area (Å²) in [5, 5.41) is 10.1. The topological polar surface area (TPSA) is 46.5 Å². The molecule has 0 fully saturated rings. The molecule has 0 spiro atoms. The molecule has 0 aromatic carbocycles. The van der Waals surface area contributed by atoms with Gasteiger partial charge in [-0.3, -0.25) is 0 Å². The van der Waals surface area contributed by atoms with E-state index in [1.807, 2.05) is 0 Å². The molecule has 84 valence electrons. The molecule has 7 heteroatoms. The van der Waals surface area contributed by atoms with Crippen LogP contribution in [0.4, 0.5) is 13.2 Å². The molecule has 0 bridgehead atoms. The largest absolute Gasteiger partial charge is 0.465 e. The molecule has 0 unspecified atom stereocenters. The lowest BCUT2D eigenvalue weighted by Crippen LogP contribution is -2.19. The van der Waals surface area contributed by atoms with Gasteiger partial charge in [0.25, 0.3) is 0 Å². The Balaban J connectivity index is 2.89. The third-order valence-corrected chi connectivity index (χ3v) is 2.61. The Morgan fingerprint density at radius 3 is 2.67 bits per heavy atom. The second-order valence-corrected chi connectivity index (χ2v) is 3.62. The van der Waals surface area contributed by atoms with Crippen LogP contribution in [0.3, 0.4) is 0 Å². The minimum absolute atomic E-state index is 0.000741. The fraction of sp³-hybridized carbons (Fsp3) is 0.375. The lowest BCUT2D eigenvalue weighted by Gasteiger charge is -2.11. The lowest BCUT2D eigenvalue weighted by molar-refractivity contribution is -0.205. The summed E-state index contributed by atoms with van der Waals surface area (Å²) in [7, 11) is 1.12. The van der Waals surface area contributed by atoms with E-state index in [-0.39, 0.29) is 10.4 Å². The van der Waals surface area contributed by atoms with Crippen molar-refractivity contribution in [3.8, 4) is 0 Å². The Kier molecular flexibility index (Phi) is 3.35. The van der Waals surface area contributed by atoms with Gasteiger partial charge < -0.3 is 9.84 Å². The van der Waals surface area contributed by atoms with E-state index in [1.165, 1.54) is 5.38 Å². The number of thiophene rings is 1. The van der Waals surface area contributed by atoms with Crippen molar-refractivity contribution in [2.24, 2.45) is 0 Å². The Morgan fingerprint density at radius 2 is 2.20 bits per heavy atom. The van der Waals surface area contributed by atoms with E-state index in [9.17, 15) is 18.0 Å². The number of methoxy groups -OCH3 is 1. The molecular weight excluding hydrogens is 233 g/mol. The van der Waals surface area contributed by atoms with Crippen LogP contribution in [0.25, 0.3) is 0 Å². The number of aliphatic hydroxyl groups is 1. The highest BCUT2D eigenvalue weighted by Crippen LogP contribution is 2.35. The number of carbonyl (C=O) groups excluding carboxylic acids is 1. The highest BCUT2D eigenvalue weighted by Gasteiger charge is 2.40. The molecule has 0 radical (unpaired) electrons. The van der Waals surface area contributed by atoms with Gasteiger partial charge in [0, 0.05) is 10.3 Å². The summed E-state index contributed by atoms with van der Waals surface area (Å²) < 4.78 is 40.5. The fourth-order valence-corrected chi connectivity index (χ4v) is 1.77. The van der Waals surface area contributed by atoms with Crippen molar-refractivity contribution in [1.29, 1.82) is 0 Å². The highest BCUT2D eigenvalue weighted by molar-refractivity contribution is 7.10. The van der Waals surface area contributed by atoms with Gasteiger partial charge in [0.2, 0.25) is 0 Å². The number of hydrogen-bond donors (Lipinski definition) is 1. The molecule has 0 aliphatic heterocycles. The molecule has 0 saturated heterocycles. The van der Waals surface area contributed by atoms with Gasteiger partial charge in [-0.05, 0) is 6.07 Å². The van der Waals surface area contributed by atoms with Gasteiger partial charge in [-0.15, -0.1) is 11.3 Å². The molecule has 0 aliphatic carbocycles. The average Bonchev–Trinajstić information content (AvgIpc) is 2.62. The number of halogens is 3. The summed E-state index contributed by atoms with van der Waals surface area (Å²) in [6, 6.07) is 0.967. The number of ether oxygens (including phenoxy) is 1. The minimum atomic E-state index is -4.72. The average molecular weight is 240 g/mol. The minimum Gasteiger partial charge on any atom is -0.465 e. The zero-order valence-corrected chi connectivity index (χ0v) is 8.35. The Labute approximate surface area is 87.1 Å². The number of aliphatic hydroxyl groups excluding tert-OH is 1. The number of hydrogen-bond acceptors (Lipinski definition) is 4. The van der Waals surface area contributed by atoms with E-state index in [4.69, 9.17) is 5.11 Å². The van der Waals surface area contributed by atoms with Crippen LogP contribution in [-0.4, -0.2) is 24.4 Å². The van der Waals surface area contributed by atoms with Crippen LogP contribution in [0.15, 0.2) is 11.4 Å². The third kappa shape index (κ3) is 2.69. The fourth-order valence-electron chi connectivity index (χ4n) is 0.882. The van der Waals surface area contributed by atoms with Crippen LogP contribution >= 0.6 is 11.3 Å². The second kappa shape index (κ2) is 4.19. The first-order valence-corrected chi connectivity index (χ1v) is 4.65. The van der Waals surface area contributed by atoms with Crippen LogP contribution in [0.5, 0.6) is 0 Å². The van der Waals surface area contributed by atoms with Gasteiger partial charge in [0.15, 0.2) is 6.10 Å². The Bertz CT molecular complexity index is 358. The quantitative estimate of drug-likeness (QED) is 0.805. The van der Waals surface area contributed by atoms with Crippen molar-refractivity contribution in [2.75, 3.05) is 7.11 Å². The second-order valence-electron chi connectivity index (χ2n) is 2.67. The zero-order valence-electron chi connectivity index (χ0n) is 7.54. The van der Waals surface area contributed by atoms with Crippen molar-refractivity contribution in [3.05, 3.63) is 21.9 Å². The first-order chi connectivity index (χ1) is 6.86. The maximum Gasteiger partial charge on any atom is 0.419 e. The number of carbonyl (C=O) groups is 1. The van der Waals surface area contributed by atoms with Gasteiger partial charge in [-0.25, -0.2) is 4.79 Å². The summed E-state index contributed by atoms with van der Waals surface area (Å²) in [6.07, 6.45) is -7.28. The van der Waals surface area contributed by atoms with Crippen LogP contribution in [0.1, 0.15) is 21.3 Å². The van der Waals surface area contributed by atoms with Crippen LogP contribution in [0, 0.1) is 0 Å². The molecule has 1 N–H and O–H groups in total. The van der Waals surface area contributed by atoms with Crippen molar-refractivity contribution in [1.82, 2.24) is 0 Å². The molecule has 0 aliphatic rings. The summed E-state index contributed by atoms with van der Waals surface area (Å²) >= 11 is 0.657. The SMILES string of the molecule is COC(=O)c1csc([C@@H](O)C(F)(F)F)c1. The maximum atomic E-state index is 12.1. The normalized spacial score (nSPS) is 13.7. The van der Waals surface area contributed by atoms with E-state index in [0.29, 0.717) is 11.3 Å². The summed E-state index contributed by atoms with van der Waals surface area (Å²) in [5.41, 5.74) is 0.000741. The van der Waals surface area contributed by atoms with E-state index in [2.05, 4.69) is 4.74 Å². The lowest BCUT2D eigenvalue weighted by atomic mass is 10.2. The Morgan fingerprint density at radius 1 is 1.60 bits per heavy atom. The molecular formula is C8H7F3O3S. The van der Waals surface area contributed by atoms with Gasteiger partial charge in [0.1, 0.15) is 0 Å². The summed E-state index contributed by atoms with van der Waals surface area (Å²) in [4.78, 5) is 10.6. The zero-order chi connectivity index (χ0) is 11.6. The molecule has 15 heavy (non-hydrogen) atoms. The van der Waals surface area contributed by atoms with E-state index in [1.54, 1.807) is 0 Å². The van der Waals surface area contributed by atoms with Crippen molar-refractivity contribution < 1.29 is 27.8 Å². The standard InChI is InChI=1S/C8H7F3O3S/c1-14-7(13)4-2-5(15-3-4)6(12)8(9,10)11/h2-3,6,12H,1H3/t6-/m1/s1. The highest BCUT2D eigenvalue weighted by atomic mass is 32.1. The molecule has 1 atom stereocenters. The predicted octanol–water partition coefficient (Wildman–Crippen LogP) is 2.13. The molecule has 1 aromatic heterocycles. The van der Waals surface area contributed by atoms with E-state index in [0.717, 1.165) is 13.2 Å². The van der Waals surface area contributed by atoms with Gasteiger partial charge in [0.05, 0.1) is 12.7 Å². The van der Waals surface area contributed by atoms with Crippen LogP contribution in [-0.2, 0) is 4.74 Å². The smallest absolute Gasteiger partial charge is 0.419 e. The predicted molar refractivity (Wildman–Crippen MR) is 46.7 cm³/mol. The van der Waals surface area contributed by atoms with E-state index >= 15 is 0 Å². The molecule has 1 heterocycles. The Hall–Kier alpha value is -1.08. The number of esters is 1. The van der Waals surface area contributed by atoms with Crippen molar-refractivity contribution in [2.45, 2.75) is 12.3 Å². The molecule has 3 nitrogen and oxygen atoms in total. The molecule has 1 rings (SSSR count). The summed E-state index contributed by atoms with van der Waals surface area (Å²) in [5.74, 6) is -0.730. The first kappa shape index (κ1) is 12.0.